The maximum Gasteiger partial charge on any atom is 0.337 e. The summed E-state index contributed by atoms with van der Waals surface area (Å²) in [7, 11) is 1.29. The van der Waals surface area contributed by atoms with Crippen LogP contribution in [0.1, 0.15) is 10.4 Å². The zero-order valence-electron chi connectivity index (χ0n) is 15.7. The van der Waals surface area contributed by atoms with Crippen molar-refractivity contribution in [2.45, 2.75) is 30.7 Å². The molecule has 3 unspecified atom stereocenters. The van der Waals surface area contributed by atoms with E-state index >= 15 is 0 Å². The molecule has 0 spiro atoms. The highest BCUT2D eigenvalue weighted by atomic mass is 35.5. The van der Waals surface area contributed by atoms with Crippen molar-refractivity contribution in [3.8, 4) is 16.9 Å². The number of halogens is 2. The molecule has 3 rings (SSSR count). The van der Waals surface area contributed by atoms with Gasteiger partial charge in [0.1, 0.15) is 30.2 Å². The second-order valence-corrected chi connectivity index (χ2v) is 7.46. The number of hydrogen-bond donors (Lipinski definition) is 4. The lowest BCUT2D eigenvalue weighted by atomic mass is 9.99. The van der Waals surface area contributed by atoms with Gasteiger partial charge in [0.05, 0.1) is 29.3 Å². The number of esters is 1. The van der Waals surface area contributed by atoms with Gasteiger partial charge < -0.3 is 34.6 Å². The van der Waals surface area contributed by atoms with Crippen LogP contribution in [-0.2, 0) is 9.47 Å². The highest BCUT2D eigenvalue weighted by molar-refractivity contribution is 6.39. The van der Waals surface area contributed by atoms with Crippen LogP contribution in [0.25, 0.3) is 11.1 Å². The predicted octanol–water partition coefficient (Wildman–Crippen LogP) is 1.63. The van der Waals surface area contributed by atoms with Gasteiger partial charge in [-0.1, -0.05) is 35.3 Å². The maximum absolute atomic E-state index is 11.6. The fraction of sp³-hybridized carbons (Fsp3) is 0.350. The smallest absolute Gasteiger partial charge is 0.337 e. The fourth-order valence-corrected chi connectivity index (χ4v) is 3.77. The highest BCUT2D eigenvalue weighted by Gasteiger charge is 2.44. The molecule has 1 heterocycles. The molecule has 1 saturated heterocycles. The molecule has 2 aromatic rings. The van der Waals surface area contributed by atoms with Gasteiger partial charge in [0, 0.05) is 5.56 Å². The van der Waals surface area contributed by atoms with Crippen molar-refractivity contribution < 1.29 is 39.4 Å². The molecule has 5 atom stereocenters. The lowest BCUT2D eigenvalue weighted by molar-refractivity contribution is -0.277. The number of carbonyl (C=O) groups is 1. The second kappa shape index (κ2) is 9.49. The normalized spacial score (nSPS) is 26.3. The van der Waals surface area contributed by atoms with Gasteiger partial charge in [0.15, 0.2) is 0 Å². The quantitative estimate of drug-likeness (QED) is 0.498. The molecule has 0 saturated carbocycles. The van der Waals surface area contributed by atoms with E-state index in [9.17, 15) is 25.2 Å². The Bertz CT molecular complexity index is 879. The summed E-state index contributed by atoms with van der Waals surface area (Å²) in [5, 5.41) is 39.5. The summed E-state index contributed by atoms with van der Waals surface area (Å²) >= 11 is 12.7. The van der Waals surface area contributed by atoms with Gasteiger partial charge in [0.25, 0.3) is 0 Å². The first-order valence-corrected chi connectivity index (χ1v) is 9.67. The Labute approximate surface area is 182 Å². The Hall–Kier alpha value is -1.91. The topological polar surface area (TPSA) is 126 Å². The largest absolute Gasteiger partial charge is 0.465 e. The van der Waals surface area contributed by atoms with Crippen molar-refractivity contribution in [2.24, 2.45) is 0 Å². The van der Waals surface area contributed by atoms with Crippen LogP contribution in [0, 0.1) is 0 Å². The van der Waals surface area contributed by atoms with E-state index in [0.29, 0.717) is 16.7 Å². The zero-order chi connectivity index (χ0) is 22.0. The fourth-order valence-electron chi connectivity index (χ4n) is 3.08. The van der Waals surface area contributed by atoms with Gasteiger partial charge in [-0.25, -0.2) is 4.79 Å². The molecule has 30 heavy (non-hydrogen) atoms. The van der Waals surface area contributed by atoms with Crippen molar-refractivity contribution in [3.63, 3.8) is 0 Å². The lowest BCUT2D eigenvalue weighted by Crippen LogP contribution is -2.60. The molecule has 8 nitrogen and oxygen atoms in total. The van der Waals surface area contributed by atoms with E-state index in [1.165, 1.54) is 19.2 Å². The van der Waals surface area contributed by atoms with E-state index < -0.39 is 43.3 Å². The van der Waals surface area contributed by atoms with Crippen molar-refractivity contribution >= 4 is 29.2 Å². The number of carbonyl (C=O) groups excluding carboxylic acids is 1. The van der Waals surface area contributed by atoms with Crippen LogP contribution < -0.4 is 4.74 Å². The Balaban J connectivity index is 1.83. The van der Waals surface area contributed by atoms with Crippen LogP contribution >= 0.6 is 23.2 Å². The monoisotopic (exact) mass is 458 g/mol. The third kappa shape index (κ3) is 4.55. The first-order chi connectivity index (χ1) is 14.3. The summed E-state index contributed by atoms with van der Waals surface area (Å²) in [6.45, 7) is -0.577. The average Bonchev–Trinajstić information content (AvgIpc) is 2.73. The molecular weight excluding hydrogens is 439 g/mol. The molecule has 2 aromatic carbocycles. The molecular formula is C20H20Cl2O8. The number of aliphatic hydroxyl groups excluding tert-OH is 4. The molecule has 0 aliphatic carbocycles. The minimum Gasteiger partial charge on any atom is -0.465 e. The van der Waals surface area contributed by atoms with Crippen molar-refractivity contribution in [1.29, 1.82) is 0 Å². The molecule has 1 fully saturated rings. The third-order valence-corrected chi connectivity index (χ3v) is 5.31. The summed E-state index contributed by atoms with van der Waals surface area (Å²) in [5.74, 6) is -0.328. The van der Waals surface area contributed by atoms with Crippen LogP contribution in [-0.4, -0.2) is 70.8 Å². The number of benzene rings is 2. The second-order valence-electron chi connectivity index (χ2n) is 6.65. The first kappa shape index (κ1) is 22.8. The summed E-state index contributed by atoms with van der Waals surface area (Å²) in [6.07, 6.45) is -7.09. The zero-order valence-corrected chi connectivity index (χ0v) is 17.2. The van der Waals surface area contributed by atoms with Crippen molar-refractivity contribution in [3.05, 3.63) is 52.0 Å². The first-order valence-electron chi connectivity index (χ1n) is 8.91. The van der Waals surface area contributed by atoms with E-state index in [4.69, 9.17) is 32.7 Å². The minimum atomic E-state index is -1.57. The standard InChI is InChI=1S/C20H20Cl2O8/c1-28-19(27)10-4-2-9(3-5-10)15-12(21)6-11(7-13(15)22)29-20-18(26)17(25)16(24)14(8-23)30-20/h2-7,14,16-18,20,23-26H,8H2,1H3/t14?,16-,17?,18?,20+/m1/s1. The number of rotatable bonds is 5. The number of aliphatic hydroxyl groups is 4. The Kier molecular flexibility index (Phi) is 7.20. The van der Waals surface area contributed by atoms with Gasteiger partial charge in [-0.2, -0.15) is 0 Å². The Morgan fingerprint density at radius 3 is 2.17 bits per heavy atom. The highest BCUT2D eigenvalue weighted by Crippen LogP contribution is 2.39. The van der Waals surface area contributed by atoms with Crippen LogP contribution in [0.4, 0.5) is 0 Å². The molecule has 10 heteroatoms. The van der Waals surface area contributed by atoms with Crippen LogP contribution in [0.15, 0.2) is 36.4 Å². The molecule has 4 N–H and O–H groups in total. The number of ether oxygens (including phenoxy) is 3. The Morgan fingerprint density at radius 1 is 1.03 bits per heavy atom. The minimum absolute atomic E-state index is 0.143. The third-order valence-electron chi connectivity index (χ3n) is 4.71. The lowest BCUT2D eigenvalue weighted by Gasteiger charge is -2.39. The van der Waals surface area contributed by atoms with Crippen LogP contribution in [0.2, 0.25) is 10.0 Å². The molecule has 0 radical (unpaired) electrons. The number of methoxy groups -OCH3 is 1. The van der Waals surface area contributed by atoms with E-state index in [2.05, 4.69) is 4.74 Å². The summed E-state index contributed by atoms with van der Waals surface area (Å²) < 4.78 is 15.5. The van der Waals surface area contributed by atoms with Gasteiger partial charge in [-0.15, -0.1) is 0 Å². The summed E-state index contributed by atoms with van der Waals surface area (Å²) in [5.41, 5.74) is 1.52. The molecule has 0 bridgehead atoms. The van der Waals surface area contributed by atoms with Gasteiger partial charge in [0.2, 0.25) is 6.29 Å². The van der Waals surface area contributed by atoms with Crippen LogP contribution in [0.5, 0.6) is 5.75 Å². The van der Waals surface area contributed by atoms with E-state index in [0.717, 1.165) is 0 Å². The van der Waals surface area contributed by atoms with E-state index in [1.807, 2.05) is 0 Å². The molecule has 0 amide bonds. The Morgan fingerprint density at radius 2 is 1.63 bits per heavy atom. The molecule has 0 aromatic heterocycles. The predicted molar refractivity (Wildman–Crippen MR) is 108 cm³/mol. The van der Waals surface area contributed by atoms with Crippen molar-refractivity contribution in [2.75, 3.05) is 13.7 Å². The molecule has 162 valence electrons. The van der Waals surface area contributed by atoms with Gasteiger partial charge in [-0.3, -0.25) is 0 Å². The van der Waals surface area contributed by atoms with E-state index in [1.54, 1.807) is 24.3 Å². The van der Waals surface area contributed by atoms with Gasteiger partial charge >= 0.3 is 5.97 Å². The summed E-state index contributed by atoms with van der Waals surface area (Å²) in [6, 6.07) is 9.37. The molecule has 1 aliphatic heterocycles. The molecule has 1 aliphatic rings. The van der Waals surface area contributed by atoms with Gasteiger partial charge in [-0.05, 0) is 29.8 Å². The van der Waals surface area contributed by atoms with Crippen molar-refractivity contribution in [1.82, 2.24) is 0 Å². The van der Waals surface area contributed by atoms with E-state index in [-0.39, 0.29) is 15.8 Å². The van der Waals surface area contributed by atoms with Crippen LogP contribution in [0.3, 0.4) is 0 Å². The summed E-state index contributed by atoms with van der Waals surface area (Å²) in [4.78, 5) is 11.6. The maximum atomic E-state index is 11.6. The number of hydrogen-bond acceptors (Lipinski definition) is 8. The average molecular weight is 459 g/mol. The SMILES string of the molecule is COC(=O)c1ccc(-c2c(Cl)cc(O[C@H]3OC(CO)[C@@H](O)C(O)C3O)cc2Cl)cc1.